The molecule has 0 aliphatic rings. The van der Waals surface area contributed by atoms with Gasteiger partial charge in [0.2, 0.25) is 5.76 Å². The Morgan fingerprint density at radius 2 is 1.58 bits per heavy atom. The number of hydrogen-bond acceptors (Lipinski definition) is 5. The summed E-state index contributed by atoms with van der Waals surface area (Å²) in [4.78, 5) is 23.6. The third kappa shape index (κ3) is 5.08. The number of rotatable bonds is 7. The standard InChI is InChI=1S/C24H19FO6/c1-29-14-22(24(28)30-2)31-19-9-6-15(7-10-19)20-11-8-17(13-21(20)23(26)27)16-4-3-5-18(25)12-16/h3-14H,1-2H3,(H,26,27)/b22-14+. The molecule has 0 radical (unpaired) electrons. The summed E-state index contributed by atoms with van der Waals surface area (Å²) in [6.07, 6.45) is 1.12. The van der Waals surface area contributed by atoms with Crippen LogP contribution in [0, 0.1) is 5.82 Å². The molecular formula is C24H19FO6. The number of carboxylic acid groups (broad SMARTS) is 1. The minimum atomic E-state index is -1.11. The molecular weight excluding hydrogens is 403 g/mol. The van der Waals surface area contributed by atoms with Crippen molar-refractivity contribution in [3.05, 3.63) is 90.1 Å². The largest absolute Gasteiger partial charge is 0.500 e. The van der Waals surface area contributed by atoms with Gasteiger partial charge in [0.25, 0.3) is 0 Å². The molecule has 0 amide bonds. The highest BCUT2D eigenvalue weighted by Gasteiger charge is 2.16. The number of carbonyl (C=O) groups is 2. The Balaban J connectivity index is 1.93. The summed E-state index contributed by atoms with van der Waals surface area (Å²) >= 11 is 0. The Bertz CT molecular complexity index is 1140. The van der Waals surface area contributed by atoms with Gasteiger partial charge in [-0.05, 0) is 52.6 Å². The molecule has 6 nitrogen and oxygen atoms in total. The Labute approximate surface area is 178 Å². The van der Waals surface area contributed by atoms with Crippen molar-refractivity contribution in [2.45, 2.75) is 0 Å². The molecule has 0 bridgehead atoms. The second-order valence-electron chi connectivity index (χ2n) is 6.41. The Hall–Kier alpha value is -4.13. The summed E-state index contributed by atoms with van der Waals surface area (Å²) in [5.41, 5.74) is 2.36. The monoisotopic (exact) mass is 422 g/mol. The average molecular weight is 422 g/mol. The first kappa shape index (κ1) is 21.6. The van der Waals surface area contributed by atoms with E-state index in [2.05, 4.69) is 4.74 Å². The number of benzene rings is 3. The van der Waals surface area contributed by atoms with Gasteiger partial charge in [0.05, 0.1) is 19.8 Å². The van der Waals surface area contributed by atoms with Crippen LogP contribution in [-0.4, -0.2) is 31.3 Å². The van der Waals surface area contributed by atoms with Crippen LogP contribution in [0.4, 0.5) is 4.39 Å². The number of halogens is 1. The highest BCUT2D eigenvalue weighted by atomic mass is 19.1. The molecule has 0 aliphatic carbocycles. The number of aromatic carboxylic acids is 1. The van der Waals surface area contributed by atoms with Gasteiger partial charge in [0, 0.05) is 0 Å². The summed E-state index contributed by atoms with van der Waals surface area (Å²) in [6, 6.07) is 17.4. The van der Waals surface area contributed by atoms with Crippen LogP contribution >= 0.6 is 0 Å². The number of methoxy groups -OCH3 is 2. The number of carboxylic acids is 1. The molecule has 0 spiro atoms. The molecule has 0 saturated carbocycles. The predicted octanol–water partition coefficient (Wildman–Crippen LogP) is 4.90. The van der Waals surface area contributed by atoms with Crippen LogP contribution in [0.1, 0.15) is 10.4 Å². The molecule has 158 valence electrons. The molecule has 0 saturated heterocycles. The summed E-state index contributed by atoms with van der Waals surface area (Å²) in [5.74, 6) is -2.01. The molecule has 31 heavy (non-hydrogen) atoms. The van der Waals surface area contributed by atoms with Gasteiger partial charge < -0.3 is 19.3 Å². The third-order valence-corrected chi connectivity index (χ3v) is 4.41. The number of hydrogen-bond donors (Lipinski definition) is 1. The van der Waals surface area contributed by atoms with Crippen molar-refractivity contribution in [2.24, 2.45) is 0 Å². The van der Waals surface area contributed by atoms with Crippen LogP contribution in [0.3, 0.4) is 0 Å². The smallest absolute Gasteiger partial charge is 0.377 e. The molecule has 0 heterocycles. The fraction of sp³-hybridized carbons (Fsp3) is 0.0833. The maximum absolute atomic E-state index is 13.5. The quantitative estimate of drug-likeness (QED) is 0.331. The van der Waals surface area contributed by atoms with Gasteiger partial charge in [-0.2, -0.15) is 0 Å². The van der Waals surface area contributed by atoms with Crippen molar-refractivity contribution >= 4 is 11.9 Å². The zero-order valence-electron chi connectivity index (χ0n) is 16.8. The van der Waals surface area contributed by atoms with E-state index in [-0.39, 0.29) is 11.3 Å². The zero-order valence-corrected chi connectivity index (χ0v) is 16.8. The van der Waals surface area contributed by atoms with Crippen molar-refractivity contribution < 1.29 is 33.3 Å². The van der Waals surface area contributed by atoms with Crippen molar-refractivity contribution in [1.29, 1.82) is 0 Å². The molecule has 1 N–H and O–H groups in total. The molecule has 0 aromatic heterocycles. The first-order chi connectivity index (χ1) is 14.9. The molecule has 3 aromatic rings. The lowest BCUT2D eigenvalue weighted by molar-refractivity contribution is -0.138. The van der Waals surface area contributed by atoms with E-state index < -0.39 is 17.8 Å². The van der Waals surface area contributed by atoms with Crippen molar-refractivity contribution in [3.63, 3.8) is 0 Å². The topological polar surface area (TPSA) is 82.1 Å². The Morgan fingerprint density at radius 3 is 2.19 bits per heavy atom. The lowest BCUT2D eigenvalue weighted by atomic mass is 9.95. The third-order valence-electron chi connectivity index (χ3n) is 4.41. The molecule has 3 rings (SSSR count). The minimum Gasteiger partial charge on any atom is -0.500 e. The maximum Gasteiger partial charge on any atom is 0.377 e. The fourth-order valence-electron chi connectivity index (χ4n) is 2.97. The summed E-state index contributed by atoms with van der Waals surface area (Å²) in [7, 11) is 2.59. The van der Waals surface area contributed by atoms with E-state index >= 15 is 0 Å². The predicted molar refractivity (Wildman–Crippen MR) is 112 cm³/mol. The summed E-state index contributed by atoms with van der Waals surface area (Å²) in [5, 5.41) is 9.70. The number of ether oxygens (including phenoxy) is 3. The minimum absolute atomic E-state index is 0.0740. The number of esters is 1. The molecule has 0 atom stereocenters. The molecule has 0 unspecified atom stereocenters. The Morgan fingerprint density at radius 1 is 0.903 bits per heavy atom. The summed E-state index contributed by atoms with van der Waals surface area (Å²) in [6.45, 7) is 0. The van der Waals surface area contributed by atoms with Crippen LogP contribution in [0.5, 0.6) is 5.75 Å². The lowest BCUT2D eigenvalue weighted by Gasteiger charge is -2.11. The van der Waals surface area contributed by atoms with E-state index in [4.69, 9.17) is 9.47 Å². The normalized spacial score (nSPS) is 11.0. The van der Waals surface area contributed by atoms with Crippen LogP contribution < -0.4 is 4.74 Å². The lowest BCUT2D eigenvalue weighted by Crippen LogP contribution is -2.11. The summed E-state index contributed by atoms with van der Waals surface area (Å²) < 4.78 is 28.4. The van der Waals surface area contributed by atoms with Gasteiger partial charge in [-0.15, -0.1) is 0 Å². The van der Waals surface area contributed by atoms with Crippen molar-refractivity contribution in [2.75, 3.05) is 14.2 Å². The van der Waals surface area contributed by atoms with E-state index in [9.17, 15) is 19.1 Å². The molecule has 0 fully saturated rings. The SMILES string of the molecule is CO/C=C(/Oc1ccc(-c2ccc(-c3cccc(F)c3)cc2C(=O)O)cc1)C(=O)OC. The highest BCUT2D eigenvalue weighted by Crippen LogP contribution is 2.31. The fourth-order valence-corrected chi connectivity index (χ4v) is 2.97. The van der Waals surface area contributed by atoms with E-state index in [1.165, 1.54) is 32.4 Å². The average Bonchev–Trinajstić information content (AvgIpc) is 2.78. The maximum atomic E-state index is 13.5. The van der Waals surface area contributed by atoms with Gasteiger partial charge in [-0.25, -0.2) is 14.0 Å². The Kier molecular flexibility index (Phi) is 6.67. The second kappa shape index (κ2) is 9.58. The second-order valence-corrected chi connectivity index (χ2v) is 6.41. The van der Waals surface area contributed by atoms with E-state index in [0.717, 1.165) is 6.26 Å². The zero-order chi connectivity index (χ0) is 22.4. The van der Waals surface area contributed by atoms with Gasteiger partial charge >= 0.3 is 11.9 Å². The van der Waals surface area contributed by atoms with E-state index in [1.807, 2.05) is 0 Å². The van der Waals surface area contributed by atoms with Crippen LogP contribution in [0.25, 0.3) is 22.3 Å². The molecule has 0 aliphatic heterocycles. The van der Waals surface area contributed by atoms with Crippen LogP contribution in [0.15, 0.2) is 78.8 Å². The van der Waals surface area contributed by atoms with Gasteiger partial charge in [0.1, 0.15) is 17.8 Å². The molecule has 3 aromatic carbocycles. The first-order valence-corrected chi connectivity index (χ1v) is 9.15. The van der Waals surface area contributed by atoms with Gasteiger partial charge in [-0.3, -0.25) is 0 Å². The highest BCUT2D eigenvalue weighted by molar-refractivity contribution is 5.97. The van der Waals surface area contributed by atoms with Crippen LogP contribution in [0.2, 0.25) is 0 Å². The first-order valence-electron chi connectivity index (χ1n) is 9.15. The molecule has 7 heteroatoms. The van der Waals surface area contributed by atoms with E-state index in [1.54, 1.807) is 48.5 Å². The van der Waals surface area contributed by atoms with Gasteiger partial charge in [-0.1, -0.05) is 36.4 Å². The van der Waals surface area contributed by atoms with Gasteiger partial charge in [0.15, 0.2) is 0 Å². The van der Waals surface area contributed by atoms with Crippen molar-refractivity contribution in [3.8, 4) is 28.0 Å². The van der Waals surface area contributed by atoms with E-state index in [0.29, 0.717) is 28.0 Å². The van der Waals surface area contributed by atoms with Crippen molar-refractivity contribution in [1.82, 2.24) is 0 Å². The van der Waals surface area contributed by atoms with Crippen LogP contribution in [-0.2, 0) is 14.3 Å². The number of carbonyl (C=O) groups excluding carboxylic acids is 1.